The normalized spacial score (nSPS) is 11.7. The van der Waals surface area contributed by atoms with E-state index in [1.165, 1.54) is 10.1 Å². The monoisotopic (exact) mass is 248 g/mol. The van der Waals surface area contributed by atoms with Crippen LogP contribution in [0.3, 0.4) is 0 Å². The molecule has 0 fully saturated rings. The summed E-state index contributed by atoms with van der Waals surface area (Å²) in [6, 6.07) is 13.8. The first kappa shape index (κ1) is 10.2. The quantitative estimate of drug-likeness (QED) is 0.650. The predicted molar refractivity (Wildman–Crippen MR) is 70.3 cm³/mol. The van der Waals surface area contributed by atoms with Crippen LogP contribution in [0.15, 0.2) is 42.5 Å². The molecule has 2 nitrogen and oxygen atoms in total. The Morgan fingerprint density at radius 2 is 1.62 bits per heavy atom. The van der Waals surface area contributed by atoms with Crippen molar-refractivity contribution in [1.82, 2.24) is 0 Å². The number of hydrogen-bond acceptors (Lipinski definition) is 3. The van der Waals surface area contributed by atoms with E-state index < -0.39 is 8.38 Å². The SMILES string of the molecule is OP(O)c1cccc2c1sc1ccccc12. The van der Waals surface area contributed by atoms with Crippen LogP contribution in [0, 0.1) is 0 Å². The lowest BCUT2D eigenvalue weighted by Crippen LogP contribution is -1.98. The fraction of sp³-hybridized carbons (Fsp3) is 0. The summed E-state index contributed by atoms with van der Waals surface area (Å²) in [5.41, 5.74) is 0. The predicted octanol–water partition coefficient (Wildman–Crippen LogP) is 2.98. The zero-order valence-corrected chi connectivity index (χ0v) is 10.0. The lowest BCUT2D eigenvalue weighted by molar-refractivity contribution is 0.497. The van der Waals surface area contributed by atoms with Crippen molar-refractivity contribution in [2.75, 3.05) is 0 Å². The Balaban J connectivity index is 2.49. The zero-order chi connectivity index (χ0) is 11.1. The molecule has 1 heterocycles. The maximum absolute atomic E-state index is 9.37. The Morgan fingerprint density at radius 3 is 2.44 bits per heavy atom. The molecule has 3 rings (SSSR count). The van der Waals surface area contributed by atoms with Gasteiger partial charge in [0.1, 0.15) is 0 Å². The topological polar surface area (TPSA) is 40.5 Å². The van der Waals surface area contributed by atoms with E-state index in [1.807, 2.05) is 24.3 Å². The van der Waals surface area contributed by atoms with E-state index in [0.717, 1.165) is 10.1 Å². The van der Waals surface area contributed by atoms with Gasteiger partial charge in [0.15, 0.2) is 0 Å². The minimum atomic E-state index is -2.02. The first-order valence-corrected chi connectivity index (χ1v) is 6.92. The molecule has 0 unspecified atom stereocenters. The second-order valence-electron chi connectivity index (χ2n) is 3.54. The Morgan fingerprint density at radius 1 is 0.875 bits per heavy atom. The van der Waals surface area contributed by atoms with E-state index in [-0.39, 0.29) is 0 Å². The zero-order valence-electron chi connectivity index (χ0n) is 8.29. The van der Waals surface area contributed by atoms with Gasteiger partial charge in [-0.25, -0.2) is 0 Å². The van der Waals surface area contributed by atoms with Crippen LogP contribution in [0.4, 0.5) is 0 Å². The highest BCUT2D eigenvalue weighted by molar-refractivity contribution is 7.55. The van der Waals surface area contributed by atoms with Gasteiger partial charge in [0.25, 0.3) is 0 Å². The fourth-order valence-electron chi connectivity index (χ4n) is 1.89. The number of hydrogen-bond donors (Lipinski definition) is 2. The van der Waals surface area contributed by atoms with Crippen LogP contribution in [-0.4, -0.2) is 9.79 Å². The highest BCUT2D eigenvalue weighted by Crippen LogP contribution is 2.37. The van der Waals surface area contributed by atoms with Crippen molar-refractivity contribution in [2.45, 2.75) is 0 Å². The summed E-state index contributed by atoms with van der Waals surface area (Å²) in [5.74, 6) is 0. The molecule has 0 aliphatic carbocycles. The van der Waals surface area contributed by atoms with Crippen LogP contribution in [0.25, 0.3) is 20.2 Å². The molecule has 2 N–H and O–H groups in total. The van der Waals surface area contributed by atoms with Gasteiger partial charge >= 0.3 is 0 Å². The molecule has 0 aliphatic rings. The molecule has 0 bridgehead atoms. The molecule has 4 heteroatoms. The van der Waals surface area contributed by atoms with Gasteiger partial charge in [0, 0.05) is 25.5 Å². The molecule has 1 aromatic heterocycles. The highest BCUT2D eigenvalue weighted by atomic mass is 32.1. The van der Waals surface area contributed by atoms with Crippen molar-refractivity contribution in [3.05, 3.63) is 42.5 Å². The Bertz CT molecular complexity index is 660. The standard InChI is InChI=1S/C12H9O2PS/c13-15(14)10-6-3-5-9-8-4-1-2-7-11(8)16-12(9)10/h1-7,13-14H. The molecule has 0 saturated heterocycles. The summed E-state index contributed by atoms with van der Waals surface area (Å²) in [6.07, 6.45) is 0. The van der Waals surface area contributed by atoms with Gasteiger partial charge < -0.3 is 9.79 Å². The smallest absolute Gasteiger partial charge is 0.201 e. The van der Waals surface area contributed by atoms with Gasteiger partial charge in [-0.15, -0.1) is 11.3 Å². The lowest BCUT2D eigenvalue weighted by atomic mass is 10.1. The molecule has 0 saturated carbocycles. The molecule has 0 radical (unpaired) electrons. The van der Waals surface area contributed by atoms with Crippen molar-refractivity contribution >= 4 is 45.2 Å². The molecular weight excluding hydrogens is 239 g/mol. The number of thiophene rings is 1. The molecule has 80 valence electrons. The van der Waals surface area contributed by atoms with E-state index in [1.54, 1.807) is 17.4 Å². The third kappa shape index (κ3) is 1.45. The average molecular weight is 248 g/mol. The average Bonchev–Trinajstić information content (AvgIpc) is 2.67. The van der Waals surface area contributed by atoms with Crippen molar-refractivity contribution in [3.8, 4) is 0 Å². The van der Waals surface area contributed by atoms with Gasteiger partial charge in [0.2, 0.25) is 8.38 Å². The van der Waals surface area contributed by atoms with E-state index in [4.69, 9.17) is 0 Å². The van der Waals surface area contributed by atoms with Crippen molar-refractivity contribution in [3.63, 3.8) is 0 Å². The number of benzene rings is 2. The van der Waals surface area contributed by atoms with Gasteiger partial charge in [-0.2, -0.15) is 0 Å². The summed E-state index contributed by atoms with van der Waals surface area (Å²) in [5, 5.41) is 2.93. The Labute approximate surface area is 97.7 Å². The maximum Gasteiger partial charge on any atom is 0.201 e. The number of fused-ring (bicyclic) bond motifs is 3. The van der Waals surface area contributed by atoms with Crippen LogP contribution in [-0.2, 0) is 0 Å². The van der Waals surface area contributed by atoms with E-state index in [0.29, 0.717) is 5.30 Å². The maximum atomic E-state index is 9.37. The Hall–Kier alpha value is -0.990. The molecule has 0 spiro atoms. The molecule has 0 atom stereocenters. The van der Waals surface area contributed by atoms with Crippen molar-refractivity contribution in [1.29, 1.82) is 0 Å². The Kier molecular flexibility index (Phi) is 2.41. The van der Waals surface area contributed by atoms with E-state index in [9.17, 15) is 9.79 Å². The molecule has 0 aliphatic heterocycles. The summed E-state index contributed by atoms with van der Waals surface area (Å²) < 4.78 is 2.17. The van der Waals surface area contributed by atoms with E-state index >= 15 is 0 Å². The van der Waals surface area contributed by atoms with Crippen LogP contribution in [0.5, 0.6) is 0 Å². The molecule has 3 aromatic rings. The third-order valence-corrected chi connectivity index (χ3v) is 4.77. The first-order valence-electron chi connectivity index (χ1n) is 4.85. The van der Waals surface area contributed by atoms with Gasteiger partial charge in [0.05, 0.1) is 0 Å². The van der Waals surface area contributed by atoms with Crippen molar-refractivity contribution < 1.29 is 9.79 Å². The first-order chi connectivity index (χ1) is 7.77. The number of rotatable bonds is 1. The molecule has 2 aromatic carbocycles. The molecule has 0 amide bonds. The van der Waals surface area contributed by atoms with Crippen LogP contribution in [0.1, 0.15) is 0 Å². The van der Waals surface area contributed by atoms with Crippen molar-refractivity contribution in [2.24, 2.45) is 0 Å². The van der Waals surface area contributed by atoms with E-state index in [2.05, 4.69) is 12.1 Å². The van der Waals surface area contributed by atoms with Gasteiger partial charge in [-0.3, -0.25) is 0 Å². The summed E-state index contributed by atoms with van der Waals surface area (Å²) in [7, 11) is -2.02. The minimum absolute atomic E-state index is 0.647. The summed E-state index contributed by atoms with van der Waals surface area (Å²) >= 11 is 1.61. The lowest BCUT2D eigenvalue weighted by Gasteiger charge is -2.02. The van der Waals surface area contributed by atoms with Gasteiger partial charge in [-0.1, -0.05) is 30.3 Å². The van der Waals surface area contributed by atoms with Gasteiger partial charge in [-0.05, 0) is 12.1 Å². The molecular formula is C12H9O2PS. The minimum Gasteiger partial charge on any atom is -0.347 e. The van der Waals surface area contributed by atoms with Crippen LogP contribution < -0.4 is 5.30 Å². The summed E-state index contributed by atoms with van der Waals surface area (Å²) in [6.45, 7) is 0. The van der Waals surface area contributed by atoms with Crippen LogP contribution in [0.2, 0.25) is 0 Å². The summed E-state index contributed by atoms with van der Waals surface area (Å²) in [4.78, 5) is 18.7. The van der Waals surface area contributed by atoms with Crippen LogP contribution >= 0.6 is 19.7 Å². The second-order valence-corrected chi connectivity index (χ2v) is 5.65. The molecule has 16 heavy (non-hydrogen) atoms. The highest BCUT2D eigenvalue weighted by Gasteiger charge is 2.12. The third-order valence-electron chi connectivity index (χ3n) is 2.60. The second kappa shape index (κ2) is 3.79. The fourth-order valence-corrected chi connectivity index (χ4v) is 3.91. The largest absolute Gasteiger partial charge is 0.347 e.